The fourth-order valence-corrected chi connectivity index (χ4v) is 5.45. The van der Waals surface area contributed by atoms with Crippen LogP contribution in [0.2, 0.25) is 0 Å². The highest BCUT2D eigenvalue weighted by molar-refractivity contribution is 7.19. The van der Waals surface area contributed by atoms with Gasteiger partial charge in [0.25, 0.3) is 0 Å². The topological polar surface area (TPSA) is 85.8 Å². The third-order valence-electron chi connectivity index (χ3n) is 6.00. The van der Waals surface area contributed by atoms with Crippen LogP contribution in [0.15, 0.2) is 36.9 Å². The number of nitrogens with zero attached hydrogens (tertiary/aromatic N) is 6. The summed E-state index contributed by atoms with van der Waals surface area (Å²) in [5, 5.41) is 5.27. The summed E-state index contributed by atoms with van der Waals surface area (Å²) in [4.78, 5) is 18.3. The lowest BCUT2D eigenvalue weighted by molar-refractivity contribution is 0.247. The molecule has 1 aliphatic carbocycles. The molecule has 0 bridgehead atoms. The fourth-order valence-electron chi connectivity index (χ4n) is 4.16. The third-order valence-corrected chi connectivity index (χ3v) is 7.19. The van der Waals surface area contributed by atoms with Gasteiger partial charge in [0.15, 0.2) is 0 Å². The predicted molar refractivity (Wildman–Crippen MR) is 120 cm³/mol. The number of anilines is 1. The van der Waals surface area contributed by atoms with E-state index < -0.39 is 0 Å². The molecule has 8 heteroatoms. The summed E-state index contributed by atoms with van der Waals surface area (Å²) >= 11 is 1.80. The Labute approximate surface area is 179 Å². The van der Waals surface area contributed by atoms with Gasteiger partial charge in [-0.25, -0.2) is 19.6 Å². The van der Waals surface area contributed by atoms with E-state index in [1.165, 1.54) is 35.2 Å². The third kappa shape index (κ3) is 3.46. The van der Waals surface area contributed by atoms with Crippen LogP contribution in [0.4, 0.5) is 5.82 Å². The summed E-state index contributed by atoms with van der Waals surface area (Å²) in [6, 6.07) is 8.59. The summed E-state index contributed by atoms with van der Waals surface area (Å²) in [7, 11) is 2.10. The molecule has 4 aromatic rings. The first-order valence-electron chi connectivity index (χ1n) is 10.3. The van der Waals surface area contributed by atoms with Gasteiger partial charge in [0.1, 0.15) is 29.1 Å². The number of nitrogens with two attached hydrogens (primary N) is 1. The first-order chi connectivity index (χ1) is 14.6. The van der Waals surface area contributed by atoms with Crippen LogP contribution in [0.1, 0.15) is 47.6 Å². The minimum atomic E-state index is 0.215. The molecule has 1 unspecified atom stereocenters. The number of aryl methyl sites for hydroxylation is 2. The maximum absolute atomic E-state index is 6.38. The van der Waals surface area contributed by atoms with E-state index in [-0.39, 0.29) is 6.04 Å². The highest BCUT2D eigenvalue weighted by Gasteiger charge is 2.21. The minimum Gasteiger partial charge on any atom is -0.383 e. The Hall–Kier alpha value is -2.84. The van der Waals surface area contributed by atoms with Gasteiger partial charge in [-0.05, 0) is 62.9 Å². The number of benzene rings is 1. The van der Waals surface area contributed by atoms with Gasteiger partial charge in [-0.3, -0.25) is 4.90 Å². The summed E-state index contributed by atoms with van der Waals surface area (Å²) < 4.78 is 1.75. The molecule has 1 aliphatic rings. The summed E-state index contributed by atoms with van der Waals surface area (Å²) in [5.41, 5.74) is 9.98. The van der Waals surface area contributed by atoms with Crippen molar-refractivity contribution in [1.29, 1.82) is 0 Å². The first kappa shape index (κ1) is 19.1. The average molecular weight is 420 g/mol. The summed E-state index contributed by atoms with van der Waals surface area (Å²) in [6.45, 7) is 2.84. The molecule has 2 N–H and O–H groups in total. The Morgan fingerprint density at radius 1 is 1.17 bits per heavy atom. The maximum atomic E-state index is 6.38. The van der Waals surface area contributed by atoms with E-state index in [9.17, 15) is 0 Å². The number of hydrogen-bond donors (Lipinski definition) is 1. The molecule has 0 amide bonds. The van der Waals surface area contributed by atoms with Crippen molar-refractivity contribution in [2.24, 2.45) is 0 Å². The van der Waals surface area contributed by atoms with E-state index in [0.717, 1.165) is 34.6 Å². The maximum Gasteiger partial charge on any atom is 0.146 e. The van der Waals surface area contributed by atoms with Gasteiger partial charge in [-0.1, -0.05) is 12.1 Å². The molecule has 5 rings (SSSR count). The smallest absolute Gasteiger partial charge is 0.146 e. The number of aromatic nitrogens is 5. The number of fused-ring (bicyclic) bond motifs is 3. The zero-order chi connectivity index (χ0) is 20.7. The lowest BCUT2D eigenvalue weighted by Gasteiger charge is -2.24. The largest absolute Gasteiger partial charge is 0.383 e. The van der Waals surface area contributed by atoms with Crippen molar-refractivity contribution in [2.75, 3.05) is 12.8 Å². The molecule has 154 valence electrons. The van der Waals surface area contributed by atoms with Crippen LogP contribution in [0, 0.1) is 0 Å². The Balaban J connectivity index is 1.35. The molecular formula is C22H25N7S. The lowest BCUT2D eigenvalue weighted by Crippen LogP contribution is -2.23. The molecule has 1 aromatic carbocycles. The van der Waals surface area contributed by atoms with Crippen molar-refractivity contribution in [3.8, 4) is 5.69 Å². The normalized spacial score (nSPS) is 14.9. The van der Waals surface area contributed by atoms with Gasteiger partial charge in [0, 0.05) is 10.9 Å². The predicted octanol–water partition coefficient (Wildman–Crippen LogP) is 3.93. The highest BCUT2D eigenvalue weighted by Crippen LogP contribution is 2.37. The van der Waals surface area contributed by atoms with Crippen LogP contribution in [-0.2, 0) is 19.4 Å². The molecule has 0 saturated heterocycles. The zero-order valence-electron chi connectivity index (χ0n) is 17.2. The fraction of sp³-hybridized carbons (Fsp3) is 0.364. The van der Waals surface area contributed by atoms with E-state index in [2.05, 4.69) is 58.2 Å². The SMILES string of the molecule is CC(c1ccc(-n2cncn2)cc1)N(C)Cc1nc(N)c2c3c(sc2n1)CCCC3. The molecule has 3 heterocycles. The van der Waals surface area contributed by atoms with E-state index in [4.69, 9.17) is 10.7 Å². The second kappa shape index (κ2) is 7.77. The Morgan fingerprint density at radius 3 is 2.73 bits per heavy atom. The molecule has 30 heavy (non-hydrogen) atoms. The molecule has 0 saturated carbocycles. The van der Waals surface area contributed by atoms with E-state index in [1.807, 2.05) is 0 Å². The van der Waals surface area contributed by atoms with Crippen molar-refractivity contribution in [3.05, 3.63) is 58.7 Å². The van der Waals surface area contributed by atoms with Crippen LogP contribution in [-0.4, -0.2) is 36.7 Å². The highest BCUT2D eigenvalue weighted by atomic mass is 32.1. The van der Waals surface area contributed by atoms with Gasteiger partial charge in [-0.2, -0.15) is 5.10 Å². The monoisotopic (exact) mass is 419 g/mol. The summed E-state index contributed by atoms with van der Waals surface area (Å²) in [6.07, 6.45) is 7.98. The van der Waals surface area contributed by atoms with E-state index in [1.54, 1.807) is 22.3 Å². The van der Waals surface area contributed by atoms with Crippen molar-refractivity contribution < 1.29 is 0 Å². The molecular weight excluding hydrogens is 394 g/mol. The molecule has 0 radical (unpaired) electrons. The Morgan fingerprint density at radius 2 is 1.97 bits per heavy atom. The lowest BCUT2D eigenvalue weighted by atomic mass is 9.97. The van der Waals surface area contributed by atoms with Gasteiger partial charge in [0.2, 0.25) is 0 Å². The second-order valence-corrected chi connectivity index (χ2v) is 9.02. The van der Waals surface area contributed by atoms with Crippen molar-refractivity contribution in [2.45, 2.75) is 45.2 Å². The standard InChI is InChI=1S/C22H25N7S/c1-14(15-7-9-16(10-8-15)29-13-24-12-25-29)28(2)11-19-26-21(23)20-17-5-3-4-6-18(17)30-22(20)27-19/h7-10,12-14H,3-6,11H2,1-2H3,(H2,23,26,27). The molecule has 3 aromatic heterocycles. The molecule has 0 spiro atoms. The number of hydrogen-bond acceptors (Lipinski definition) is 7. The number of thiophene rings is 1. The molecule has 0 fully saturated rings. The Kier molecular flexibility index (Phi) is 4.96. The van der Waals surface area contributed by atoms with E-state index in [0.29, 0.717) is 12.4 Å². The van der Waals surface area contributed by atoms with Crippen LogP contribution in [0.3, 0.4) is 0 Å². The van der Waals surface area contributed by atoms with E-state index >= 15 is 0 Å². The minimum absolute atomic E-state index is 0.215. The van der Waals surface area contributed by atoms with Crippen LogP contribution < -0.4 is 5.73 Å². The molecule has 0 aliphatic heterocycles. The van der Waals surface area contributed by atoms with Crippen molar-refractivity contribution >= 4 is 27.4 Å². The molecule has 1 atom stereocenters. The zero-order valence-corrected chi connectivity index (χ0v) is 18.1. The van der Waals surface area contributed by atoms with Crippen LogP contribution in [0.25, 0.3) is 15.9 Å². The molecule has 7 nitrogen and oxygen atoms in total. The number of nitrogen functional groups attached to an aromatic ring is 1. The van der Waals surface area contributed by atoms with Crippen LogP contribution in [0.5, 0.6) is 0 Å². The van der Waals surface area contributed by atoms with Gasteiger partial charge < -0.3 is 5.73 Å². The summed E-state index contributed by atoms with van der Waals surface area (Å²) in [5.74, 6) is 1.42. The van der Waals surface area contributed by atoms with Gasteiger partial charge >= 0.3 is 0 Å². The first-order valence-corrected chi connectivity index (χ1v) is 11.1. The van der Waals surface area contributed by atoms with Crippen LogP contribution >= 0.6 is 11.3 Å². The quantitative estimate of drug-likeness (QED) is 0.528. The van der Waals surface area contributed by atoms with Crippen molar-refractivity contribution in [3.63, 3.8) is 0 Å². The van der Waals surface area contributed by atoms with Crippen molar-refractivity contribution in [1.82, 2.24) is 29.6 Å². The van der Waals surface area contributed by atoms with Gasteiger partial charge in [-0.15, -0.1) is 11.3 Å². The number of rotatable bonds is 5. The second-order valence-electron chi connectivity index (χ2n) is 7.94. The Bertz CT molecular complexity index is 1160. The average Bonchev–Trinajstić information content (AvgIpc) is 3.41. The van der Waals surface area contributed by atoms with Gasteiger partial charge in [0.05, 0.1) is 17.6 Å².